The van der Waals surface area contributed by atoms with Gasteiger partial charge in [0.2, 0.25) is 0 Å². The monoisotopic (exact) mass is 357 g/mol. The molecule has 0 aliphatic rings. The maximum Gasteiger partial charge on any atom is 0.191 e. The smallest absolute Gasteiger partial charge is 0.191 e. The van der Waals surface area contributed by atoms with Crippen molar-refractivity contribution >= 4 is 11.8 Å². The average Bonchev–Trinajstić information content (AvgIpc) is 2.95. The van der Waals surface area contributed by atoms with Crippen LogP contribution in [0, 0.1) is 19.7 Å². The second kappa shape index (κ2) is 7.70. The van der Waals surface area contributed by atoms with Crippen molar-refractivity contribution < 1.29 is 9.13 Å². The number of aryl methyl sites for hydroxylation is 2. The highest BCUT2D eigenvalue weighted by Gasteiger charge is 2.12. The van der Waals surface area contributed by atoms with Gasteiger partial charge < -0.3 is 9.30 Å². The van der Waals surface area contributed by atoms with Crippen LogP contribution in [-0.2, 0) is 19.4 Å². The van der Waals surface area contributed by atoms with Crippen LogP contribution in [0.3, 0.4) is 0 Å². The Labute approximate surface area is 151 Å². The van der Waals surface area contributed by atoms with Crippen LogP contribution >= 0.6 is 11.8 Å². The third-order valence-corrected chi connectivity index (χ3v) is 5.01. The van der Waals surface area contributed by atoms with Gasteiger partial charge in [0.05, 0.1) is 0 Å². The van der Waals surface area contributed by atoms with E-state index in [9.17, 15) is 4.39 Å². The second-order valence-corrected chi connectivity index (χ2v) is 6.84. The molecule has 4 nitrogen and oxygen atoms in total. The van der Waals surface area contributed by atoms with E-state index >= 15 is 0 Å². The van der Waals surface area contributed by atoms with E-state index in [0.29, 0.717) is 17.9 Å². The minimum absolute atomic E-state index is 0.198. The third kappa shape index (κ3) is 4.20. The number of halogens is 1. The summed E-state index contributed by atoms with van der Waals surface area (Å²) in [5.74, 6) is 1.90. The van der Waals surface area contributed by atoms with E-state index in [1.165, 1.54) is 17.8 Å². The van der Waals surface area contributed by atoms with Gasteiger partial charge in [0.25, 0.3) is 0 Å². The molecule has 0 saturated heterocycles. The number of rotatable bonds is 6. The molecule has 0 unspecified atom stereocenters. The van der Waals surface area contributed by atoms with Crippen molar-refractivity contribution in [2.24, 2.45) is 7.05 Å². The second-order valence-electron chi connectivity index (χ2n) is 5.90. The van der Waals surface area contributed by atoms with Crippen LogP contribution in [0.1, 0.15) is 22.5 Å². The van der Waals surface area contributed by atoms with Gasteiger partial charge in [-0.15, -0.1) is 10.2 Å². The predicted molar refractivity (Wildman–Crippen MR) is 97.2 cm³/mol. The van der Waals surface area contributed by atoms with Gasteiger partial charge in [-0.05, 0) is 42.7 Å². The first-order chi connectivity index (χ1) is 12.0. The largest absolute Gasteiger partial charge is 0.485 e. The van der Waals surface area contributed by atoms with Crippen LogP contribution in [0.5, 0.6) is 5.75 Å². The first-order valence-corrected chi connectivity index (χ1v) is 8.97. The van der Waals surface area contributed by atoms with Crippen LogP contribution < -0.4 is 4.74 Å². The summed E-state index contributed by atoms with van der Waals surface area (Å²) in [4.78, 5) is 0. The van der Waals surface area contributed by atoms with E-state index in [2.05, 4.69) is 16.3 Å². The van der Waals surface area contributed by atoms with Gasteiger partial charge >= 0.3 is 0 Å². The molecule has 3 rings (SSSR count). The molecule has 0 aliphatic heterocycles. The van der Waals surface area contributed by atoms with Gasteiger partial charge in [-0.2, -0.15) is 0 Å². The van der Waals surface area contributed by atoms with E-state index in [4.69, 9.17) is 4.74 Å². The summed E-state index contributed by atoms with van der Waals surface area (Å²) >= 11 is 1.46. The Morgan fingerprint density at radius 1 is 1.12 bits per heavy atom. The lowest BCUT2D eigenvalue weighted by molar-refractivity contribution is 0.288. The minimum Gasteiger partial charge on any atom is -0.485 e. The van der Waals surface area contributed by atoms with Crippen LogP contribution in [0.4, 0.5) is 4.39 Å². The summed E-state index contributed by atoms with van der Waals surface area (Å²) < 4.78 is 21.5. The summed E-state index contributed by atoms with van der Waals surface area (Å²) in [6, 6.07) is 12.9. The summed E-state index contributed by atoms with van der Waals surface area (Å²) in [5.41, 5.74) is 2.89. The Morgan fingerprint density at radius 3 is 2.72 bits per heavy atom. The molecule has 0 saturated carbocycles. The van der Waals surface area contributed by atoms with Crippen molar-refractivity contribution in [3.8, 4) is 5.75 Å². The highest BCUT2D eigenvalue weighted by Crippen LogP contribution is 2.24. The standard InChI is InChI=1S/C19H20FN3OS/c1-13-8-9-14(2)17(10-13)24-11-18-21-22-19(23(18)3)25-12-15-6-4-5-7-16(15)20/h4-10H,11-12H2,1-3H3. The number of thioether (sulfide) groups is 1. The Kier molecular flexibility index (Phi) is 5.38. The minimum atomic E-state index is -0.198. The van der Waals surface area contributed by atoms with Crippen molar-refractivity contribution in [2.75, 3.05) is 0 Å². The third-order valence-electron chi connectivity index (χ3n) is 3.94. The molecule has 0 fully saturated rings. The Bertz CT molecular complexity index is 879. The number of aromatic nitrogens is 3. The summed E-state index contributed by atoms with van der Waals surface area (Å²) in [5, 5.41) is 9.12. The van der Waals surface area contributed by atoms with Gasteiger partial charge in [0.1, 0.15) is 18.2 Å². The first kappa shape index (κ1) is 17.5. The maximum absolute atomic E-state index is 13.7. The van der Waals surface area contributed by atoms with E-state index in [0.717, 1.165) is 27.9 Å². The molecular formula is C19H20FN3OS. The number of hydrogen-bond donors (Lipinski definition) is 0. The van der Waals surface area contributed by atoms with Crippen molar-refractivity contribution in [2.45, 2.75) is 31.4 Å². The van der Waals surface area contributed by atoms with Crippen molar-refractivity contribution in [1.82, 2.24) is 14.8 Å². The maximum atomic E-state index is 13.7. The quantitative estimate of drug-likeness (QED) is 0.612. The number of benzene rings is 2. The van der Waals surface area contributed by atoms with Gasteiger partial charge in [-0.25, -0.2) is 4.39 Å². The van der Waals surface area contributed by atoms with Crippen LogP contribution in [-0.4, -0.2) is 14.8 Å². The topological polar surface area (TPSA) is 39.9 Å². The number of ether oxygens (including phenoxy) is 1. The first-order valence-electron chi connectivity index (χ1n) is 7.99. The zero-order chi connectivity index (χ0) is 17.8. The van der Waals surface area contributed by atoms with E-state index in [1.807, 2.05) is 43.7 Å². The lowest BCUT2D eigenvalue weighted by Gasteiger charge is -2.10. The van der Waals surface area contributed by atoms with E-state index < -0.39 is 0 Å². The summed E-state index contributed by atoms with van der Waals surface area (Å²) in [6.07, 6.45) is 0. The Hall–Kier alpha value is -2.34. The van der Waals surface area contributed by atoms with Crippen LogP contribution in [0.2, 0.25) is 0 Å². The lowest BCUT2D eigenvalue weighted by atomic mass is 10.1. The zero-order valence-corrected chi connectivity index (χ0v) is 15.3. The van der Waals surface area contributed by atoms with Crippen molar-refractivity contribution in [1.29, 1.82) is 0 Å². The molecular weight excluding hydrogens is 337 g/mol. The molecule has 1 aromatic heterocycles. The van der Waals surface area contributed by atoms with Crippen molar-refractivity contribution in [3.05, 3.63) is 70.8 Å². The molecule has 130 valence electrons. The molecule has 0 bridgehead atoms. The molecule has 0 atom stereocenters. The lowest BCUT2D eigenvalue weighted by Crippen LogP contribution is -2.05. The Morgan fingerprint density at radius 2 is 1.92 bits per heavy atom. The van der Waals surface area contributed by atoms with Gasteiger partial charge in [-0.3, -0.25) is 0 Å². The van der Waals surface area contributed by atoms with Crippen LogP contribution in [0.15, 0.2) is 47.6 Å². The summed E-state index contributed by atoms with van der Waals surface area (Å²) in [7, 11) is 1.89. The van der Waals surface area contributed by atoms with Gasteiger partial charge in [0, 0.05) is 12.8 Å². The van der Waals surface area contributed by atoms with Gasteiger partial charge in [0.15, 0.2) is 11.0 Å². The fourth-order valence-corrected chi connectivity index (χ4v) is 3.28. The van der Waals surface area contributed by atoms with E-state index in [-0.39, 0.29) is 5.82 Å². The number of nitrogens with zero attached hydrogens (tertiary/aromatic N) is 3. The number of hydrogen-bond acceptors (Lipinski definition) is 4. The molecule has 0 aliphatic carbocycles. The molecule has 0 spiro atoms. The molecule has 3 aromatic rings. The molecule has 2 aromatic carbocycles. The van der Waals surface area contributed by atoms with Gasteiger partial charge in [-0.1, -0.05) is 42.1 Å². The predicted octanol–water partition coefficient (Wildman–Crippen LogP) is 4.44. The fraction of sp³-hybridized carbons (Fsp3) is 0.263. The SMILES string of the molecule is Cc1ccc(C)c(OCc2nnc(SCc3ccccc3F)n2C)c1. The Balaban J connectivity index is 1.65. The van der Waals surface area contributed by atoms with E-state index in [1.54, 1.807) is 12.1 Å². The molecule has 0 radical (unpaired) electrons. The molecule has 0 amide bonds. The fourth-order valence-electron chi connectivity index (χ4n) is 2.36. The average molecular weight is 357 g/mol. The molecule has 25 heavy (non-hydrogen) atoms. The molecule has 0 N–H and O–H groups in total. The van der Waals surface area contributed by atoms with Crippen molar-refractivity contribution in [3.63, 3.8) is 0 Å². The normalized spacial score (nSPS) is 10.9. The van der Waals surface area contributed by atoms with Crippen LogP contribution in [0.25, 0.3) is 0 Å². The molecule has 6 heteroatoms. The summed E-state index contributed by atoms with van der Waals surface area (Å²) in [6.45, 7) is 4.39. The highest BCUT2D eigenvalue weighted by atomic mass is 32.2. The zero-order valence-electron chi connectivity index (χ0n) is 14.5. The highest BCUT2D eigenvalue weighted by molar-refractivity contribution is 7.98. The molecule has 1 heterocycles.